The molecular weight excluding hydrogens is 687 g/mol. The molecule has 0 fully saturated rings. The molecule has 1 aliphatic heterocycles. The number of furan rings is 1. The van der Waals surface area contributed by atoms with Crippen LogP contribution in [0.25, 0.3) is 16.3 Å². The van der Waals surface area contributed by atoms with Crippen LogP contribution in [0, 0.1) is 10.1 Å². The number of rotatable bonds is 9. The van der Waals surface area contributed by atoms with Gasteiger partial charge in [0, 0.05) is 23.9 Å². The van der Waals surface area contributed by atoms with Crippen LogP contribution in [-0.4, -0.2) is 34.6 Å². The maximum absolute atomic E-state index is 14.2. The fraction of sp³-hybridized carbons (Fsp3) is 0.118. The molecule has 1 N–H and O–H groups in total. The second kappa shape index (κ2) is 13.2. The second-order valence-electron chi connectivity index (χ2n) is 10.7. The quantitative estimate of drug-likeness (QED) is 0.138. The molecule has 0 unspecified atom stereocenters. The number of anilines is 1. The Morgan fingerprint density at radius 1 is 1.04 bits per heavy atom. The number of ether oxygens (including phenoxy) is 2. The number of thiazole rings is 2. The first-order valence-electron chi connectivity index (χ1n) is 14.7. The van der Waals surface area contributed by atoms with Gasteiger partial charge in [-0.3, -0.25) is 24.3 Å². The average molecular weight is 712 g/mol. The lowest BCUT2D eigenvalue weighted by atomic mass is 9.94. The zero-order chi connectivity index (χ0) is 34.2. The van der Waals surface area contributed by atoms with Gasteiger partial charge in [-0.2, -0.15) is 0 Å². The van der Waals surface area contributed by atoms with Gasteiger partial charge in [0.15, 0.2) is 25.7 Å². The fourth-order valence-corrected chi connectivity index (χ4v) is 8.43. The highest BCUT2D eigenvalue weighted by Crippen LogP contribution is 2.38. The number of nitrogens with zero attached hydrogens (tertiary/aromatic N) is 4. The average Bonchev–Trinajstić information content (AvgIpc) is 3.80. The minimum absolute atomic E-state index is 0.00181. The third-order valence-corrected chi connectivity index (χ3v) is 10.6. The Hall–Kier alpha value is -5.51. The summed E-state index contributed by atoms with van der Waals surface area (Å²) in [4.78, 5) is 48.4. The number of carbonyl (C=O) groups excluding carboxylic acids is 1. The number of allylic oxidation sites excluding steroid dienone is 1. The lowest BCUT2D eigenvalue weighted by Gasteiger charge is -2.26. The maximum Gasteiger partial charge on any atom is 0.271 e. The van der Waals surface area contributed by atoms with Gasteiger partial charge in [-0.15, -0.1) is 11.3 Å². The van der Waals surface area contributed by atoms with Crippen LogP contribution in [0.5, 0.6) is 11.5 Å². The van der Waals surface area contributed by atoms with Crippen molar-refractivity contribution in [1.29, 1.82) is 0 Å². The van der Waals surface area contributed by atoms with Crippen LogP contribution in [0.3, 0.4) is 0 Å². The van der Waals surface area contributed by atoms with Crippen LogP contribution in [-0.2, 0) is 4.79 Å². The number of nitrogens with one attached hydrogen (secondary N) is 1. The van der Waals surface area contributed by atoms with Gasteiger partial charge >= 0.3 is 0 Å². The summed E-state index contributed by atoms with van der Waals surface area (Å²) in [5.74, 6) is 1.00. The van der Waals surface area contributed by atoms with Crippen LogP contribution in [0.2, 0.25) is 0 Å². The van der Waals surface area contributed by atoms with Gasteiger partial charge < -0.3 is 19.2 Å². The van der Waals surface area contributed by atoms with Gasteiger partial charge in [0.05, 0.1) is 51.2 Å². The predicted octanol–water partition coefficient (Wildman–Crippen LogP) is 6.15. The van der Waals surface area contributed by atoms with Gasteiger partial charge in [0.2, 0.25) is 0 Å². The first kappa shape index (κ1) is 32.1. The van der Waals surface area contributed by atoms with Gasteiger partial charge in [-0.25, -0.2) is 9.98 Å². The molecule has 246 valence electrons. The molecule has 0 saturated carbocycles. The number of carbonyl (C=O) groups is 1. The van der Waals surface area contributed by atoms with Crippen molar-refractivity contribution < 1.29 is 23.6 Å². The Balaban J connectivity index is 1.26. The molecule has 0 saturated heterocycles. The van der Waals surface area contributed by atoms with E-state index in [0.29, 0.717) is 68.8 Å². The molecule has 4 heterocycles. The summed E-state index contributed by atoms with van der Waals surface area (Å²) in [6.07, 6.45) is 1.64. The van der Waals surface area contributed by atoms with E-state index in [1.54, 1.807) is 61.5 Å². The van der Waals surface area contributed by atoms with Crippen molar-refractivity contribution in [3.8, 4) is 11.5 Å². The predicted molar refractivity (Wildman–Crippen MR) is 187 cm³/mol. The van der Waals surface area contributed by atoms with Crippen LogP contribution < -0.4 is 29.7 Å². The molecule has 6 aromatic rings. The molecule has 0 aliphatic carbocycles. The van der Waals surface area contributed by atoms with Crippen LogP contribution in [0.4, 0.5) is 11.4 Å². The van der Waals surface area contributed by atoms with Gasteiger partial charge in [0.1, 0.15) is 5.76 Å². The summed E-state index contributed by atoms with van der Waals surface area (Å²) in [7, 11) is 3.06. The summed E-state index contributed by atoms with van der Waals surface area (Å²) < 4.78 is 20.3. The van der Waals surface area contributed by atoms with Crippen LogP contribution in [0.1, 0.15) is 24.3 Å². The van der Waals surface area contributed by atoms with Gasteiger partial charge in [-0.05, 0) is 66.7 Å². The number of benzene rings is 3. The molecule has 12 nitrogen and oxygen atoms in total. The summed E-state index contributed by atoms with van der Waals surface area (Å²) >= 11 is 3.79. The van der Waals surface area contributed by atoms with E-state index in [1.165, 1.54) is 65.4 Å². The smallest absolute Gasteiger partial charge is 0.271 e. The van der Waals surface area contributed by atoms with E-state index in [1.807, 2.05) is 18.2 Å². The minimum atomic E-state index is -0.820. The van der Waals surface area contributed by atoms with E-state index in [2.05, 4.69) is 10.3 Å². The molecule has 0 bridgehead atoms. The molecule has 15 heteroatoms. The third kappa shape index (κ3) is 6.26. The normalized spacial score (nSPS) is 14.4. The molecule has 1 amide bonds. The number of para-hydroxylation sites is 1. The molecule has 3 aromatic heterocycles. The zero-order valence-electron chi connectivity index (χ0n) is 26.0. The molecule has 3 aromatic carbocycles. The molecule has 1 aliphatic rings. The van der Waals surface area contributed by atoms with Crippen LogP contribution in [0.15, 0.2) is 114 Å². The number of methoxy groups -OCH3 is 2. The Labute approximate surface area is 289 Å². The maximum atomic E-state index is 14.2. The highest BCUT2D eigenvalue weighted by atomic mass is 32.2. The highest BCUT2D eigenvalue weighted by Gasteiger charge is 2.33. The molecule has 49 heavy (non-hydrogen) atoms. The molecule has 1 atom stereocenters. The van der Waals surface area contributed by atoms with E-state index in [0.717, 1.165) is 0 Å². The minimum Gasteiger partial charge on any atom is -0.493 e. The van der Waals surface area contributed by atoms with E-state index >= 15 is 0 Å². The number of hydrogen-bond acceptors (Lipinski definition) is 12. The van der Waals surface area contributed by atoms with Crippen molar-refractivity contribution in [2.45, 2.75) is 22.4 Å². The molecular formula is C34H25N5O7S3. The van der Waals surface area contributed by atoms with E-state index in [9.17, 15) is 19.7 Å². The van der Waals surface area contributed by atoms with E-state index in [-0.39, 0.29) is 11.2 Å². The van der Waals surface area contributed by atoms with Crippen molar-refractivity contribution in [2.75, 3.05) is 19.5 Å². The van der Waals surface area contributed by atoms with Gasteiger partial charge in [-0.1, -0.05) is 35.6 Å². The summed E-state index contributed by atoms with van der Waals surface area (Å²) in [6.45, 7) is 1.75. The Kier molecular flexibility index (Phi) is 8.62. The first-order valence-corrected chi connectivity index (χ1v) is 17.1. The van der Waals surface area contributed by atoms with Crippen LogP contribution >= 0.6 is 34.4 Å². The summed E-state index contributed by atoms with van der Waals surface area (Å²) in [5.41, 5.74) is 2.33. The Morgan fingerprint density at radius 2 is 1.84 bits per heavy atom. The number of non-ortho nitro benzene ring substituents is 1. The number of nitro groups is 1. The van der Waals surface area contributed by atoms with Gasteiger partial charge in [0.25, 0.3) is 17.2 Å². The Morgan fingerprint density at radius 3 is 2.59 bits per heavy atom. The van der Waals surface area contributed by atoms with E-state index in [4.69, 9.17) is 18.9 Å². The lowest BCUT2D eigenvalue weighted by molar-refractivity contribution is -0.384. The standard InChI is InChI=1S/C34H25N5O7S3/c1-18-29(31(40)36-20-7-5-4-6-8-20)30(19-9-13-24(44-2)25(15-19)45-3)38-32(41)27(47-33(38)35-18)17-22-11-14-28(46-22)49-34-37-23-12-10-21(39(42)43)16-26(23)48-34/h4-17,30H,1-3H3,(H,36,40)/b27-17-/t30-/m0/s1. The number of aromatic nitrogens is 2. The monoisotopic (exact) mass is 711 g/mol. The number of amides is 1. The molecule has 7 rings (SSSR count). The second-order valence-corrected chi connectivity index (χ2v) is 14.0. The molecule has 0 radical (unpaired) electrons. The highest BCUT2D eigenvalue weighted by molar-refractivity contribution is 8.01. The topological polar surface area (TPSA) is 151 Å². The third-order valence-electron chi connectivity index (χ3n) is 7.65. The SMILES string of the molecule is COc1ccc([C@H]2C(C(=O)Nc3ccccc3)=C(C)N=c3s/c(=C\c4ccc(Sc5nc6ccc([N+](=O)[O-])cc6s5)o4)c(=O)n32)cc1OC. The lowest BCUT2D eigenvalue weighted by Crippen LogP contribution is -2.40. The van der Waals surface area contributed by atoms with Crippen molar-refractivity contribution in [2.24, 2.45) is 4.99 Å². The number of fused-ring (bicyclic) bond motifs is 2. The molecule has 0 spiro atoms. The first-order chi connectivity index (χ1) is 23.7. The van der Waals surface area contributed by atoms with Crippen molar-refractivity contribution >= 4 is 68.0 Å². The Bertz CT molecular complexity index is 2480. The largest absolute Gasteiger partial charge is 0.493 e. The summed E-state index contributed by atoms with van der Waals surface area (Å²) in [6, 6.07) is 21.6. The van der Waals surface area contributed by atoms with Crippen molar-refractivity contribution in [3.05, 3.63) is 131 Å². The van der Waals surface area contributed by atoms with E-state index < -0.39 is 16.9 Å². The van der Waals surface area contributed by atoms with Crippen molar-refractivity contribution in [1.82, 2.24) is 9.55 Å². The zero-order valence-corrected chi connectivity index (χ0v) is 28.5. The summed E-state index contributed by atoms with van der Waals surface area (Å²) in [5, 5.41) is 14.6. The number of nitro benzene ring substituents is 1. The van der Waals surface area contributed by atoms with Crippen molar-refractivity contribution in [3.63, 3.8) is 0 Å². The number of hydrogen-bond donors (Lipinski definition) is 1. The fourth-order valence-electron chi connectivity index (χ4n) is 5.40.